The van der Waals surface area contributed by atoms with E-state index in [1.165, 1.54) is 0 Å². The molecule has 2 saturated heterocycles. The van der Waals surface area contributed by atoms with Crippen LogP contribution in [0.25, 0.3) is 0 Å². The highest BCUT2D eigenvalue weighted by Crippen LogP contribution is 2.30. The molecule has 8 heteroatoms. The van der Waals surface area contributed by atoms with Gasteiger partial charge in [-0.05, 0) is 13.0 Å². The summed E-state index contributed by atoms with van der Waals surface area (Å²) in [7, 11) is -3.03. The van der Waals surface area contributed by atoms with Crippen LogP contribution in [0, 0.1) is 0 Å². The summed E-state index contributed by atoms with van der Waals surface area (Å²) in [6.45, 7) is 5.62. The number of fused-ring (bicyclic) bond motifs is 1. The van der Waals surface area contributed by atoms with Gasteiger partial charge in [-0.15, -0.1) is 0 Å². The first-order valence-corrected chi connectivity index (χ1v) is 11.3. The van der Waals surface area contributed by atoms with Gasteiger partial charge in [0.05, 0.1) is 24.7 Å². The molecule has 0 radical (unpaired) electrons. The predicted octanol–water partition coefficient (Wildman–Crippen LogP) is 1.29. The van der Waals surface area contributed by atoms with Crippen LogP contribution in [0.1, 0.15) is 18.3 Å². The zero-order chi connectivity index (χ0) is 18.9. The lowest BCUT2D eigenvalue weighted by Gasteiger charge is -2.43. The van der Waals surface area contributed by atoms with Crippen molar-refractivity contribution < 1.29 is 13.2 Å². The van der Waals surface area contributed by atoms with Crippen LogP contribution in [0.3, 0.4) is 0 Å². The number of nitrogens with one attached hydrogen (secondary N) is 1. The molecule has 0 spiro atoms. The Hall–Kier alpha value is -1.90. The number of nitrogens with zero attached hydrogens (tertiary/aromatic N) is 3. The van der Waals surface area contributed by atoms with Crippen molar-refractivity contribution in [3.63, 3.8) is 0 Å². The molecule has 1 N–H and O–H groups in total. The molecule has 7 nitrogen and oxygen atoms in total. The van der Waals surface area contributed by atoms with E-state index in [2.05, 4.69) is 25.8 Å². The van der Waals surface area contributed by atoms with Gasteiger partial charge in [0.25, 0.3) is 0 Å². The van der Waals surface area contributed by atoms with Crippen molar-refractivity contribution in [3.05, 3.63) is 48.0 Å². The van der Waals surface area contributed by atoms with Crippen LogP contribution in [-0.4, -0.2) is 71.5 Å². The molecule has 146 valence electrons. The average molecular weight is 391 g/mol. The SMILES string of the molecule is CCOc1ccccc1CN1CCN(Cc2ncc[nH]2)[C@H]2CS(=O)(=O)C[C@H]21. The van der Waals surface area contributed by atoms with Gasteiger partial charge in [-0.3, -0.25) is 9.80 Å². The summed E-state index contributed by atoms with van der Waals surface area (Å²) in [5.74, 6) is 2.22. The smallest absolute Gasteiger partial charge is 0.153 e. The number of aromatic amines is 1. The van der Waals surface area contributed by atoms with Gasteiger partial charge >= 0.3 is 0 Å². The number of ether oxygens (including phenoxy) is 1. The van der Waals surface area contributed by atoms with Crippen molar-refractivity contribution in [2.45, 2.75) is 32.1 Å². The third-order valence-corrected chi connectivity index (χ3v) is 7.16. The first-order chi connectivity index (χ1) is 13.1. The normalized spacial score (nSPS) is 25.4. The Morgan fingerprint density at radius 1 is 1.15 bits per heavy atom. The second-order valence-corrected chi connectivity index (χ2v) is 9.38. The van der Waals surface area contributed by atoms with Crippen molar-refractivity contribution in [2.75, 3.05) is 31.2 Å². The van der Waals surface area contributed by atoms with E-state index in [1.54, 1.807) is 12.4 Å². The van der Waals surface area contributed by atoms with Gasteiger partial charge < -0.3 is 9.72 Å². The fourth-order valence-electron chi connectivity index (χ4n) is 4.22. The number of para-hydroxylation sites is 1. The van der Waals surface area contributed by atoms with E-state index < -0.39 is 9.84 Å². The molecular weight excluding hydrogens is 364 g/mol. The quantitative estimate of drug-likeness (QED) is 0.801. The third kappa shape index (κ3) is 4.02. The second-order valence-electron chi connectivity index (χ2n) is 7.23. The minimum absolute atomic E-state index is 0.00751. The number of H-pyrrole nitrogens is 1. The Morgan fingerprint density at radius 3 is 2.52 bits per heavy atom. The van der Waals surface area contributed by atoms with Crippen LogP contribution in [0.2, 0.25) is 0 Å². The Morgan fingerprint density at radius 2 is 1.85 bits per heavy atom. The number of sulfone groups is 1. The largest absolute Gasteiger partial charge is 0.494 e. The molecule has 2 aliphatic heterocycles. The third-order valence-electron chi connectivity index (χ3n) is 5.46. The fraction of sp³-hybridized carbons (Fsp3) is 0.526. The van der Waals surface area contributed by atoms with E-state index in [0.29, 0.717) is 19.7 Å². The molecule has 0 aliphatic carbocycles. The molecule has 0 saturated carbocycles. The lowest BCUT2D eigenvalue weighted by Crippen LogP contribution is -2.58. The van der Waals surface area contributed by atoms with E-state index in [9.17, 15) is 8.42 Å². The van der Waals surface area contributed by atoms with E-state index >= 15 is 0 Å². The van der Waals surface area contributed by atoms with Gasteiger partial charge in [-0.2, -0.15) is 0 Å². The van der Waals surface area contributed by atoms with Crippen LogP contribution in [0.15, 0.2) is 36.7 Å². The van der Waals surface area contributed by atoms with Crippen LogP contribution in [0.5, 0.6) is 5.75 Å². The molecule has 4 rings (SSSR count). The maximum absolute atomic E-state index is 12.4. The van der Waals surface area contributed by atoms with Crippen LogP contribution in [-0.2, 0) is 22.9 Å². The Labute approximate surface area is 160 Å². The summed E-state index contributed by atoms with van der Waals surface area (Å²) in [4.78, 5) is 12.0. The van der Waals surface area contributed by atoms with E-state index in [4.69, 9.17) is 4.74 Å². The van der Waals surface area contributed by atoms with Crippen molar-refractivity contribution in [1.29, 1.82) is 0 Å². The van der Waals surface area contributed by atoms with E-state index in [1.807, 2.05) is 25.1 Å². The topological polar surface area (TPSA) is 78.5 Å². The number of aromatic nitrogens is 2. The van der Waals surface area contributed by atoms with E-state index in [-0.39, 0.29) is 23.6 Å². The number of hydrogen-bond acceptors (Lipinski definition) is 6. The number of rotatable bonds is 6. The predicted molar refractivity (Wildman–Crippen MR) is 103 cm³/mol. The van der Waals surface area contributed by atoms with Crippen LogP contribution < -0.4 is 4.74 Å². The molecule has 2 aromatic rings. The molecule has 1 aromatic heterocycles. The van der Waals surface area contributed by atoms with Crippen molar-refractivity contribution >= 4 is 9.84 Å². The lowest BCUT2D eigenvalue weighted by molar-refractivity contribution is 0.0336. The molecule has 0 unspecified atom stereocenters. The summed E-state index contributed by atoms with van der Waals surface area (Å²) in [5.41, 5.74) is 1.11. The van der Waals surface area contributed by atoms with Gasteiger partial charge in [0.15, 0.2) is 9.84 Å². The minimum atomic E-state index is -3.03. The Kier molecular flexibility index (Phi) is 5.21. The fourth-order valence-corrected chi connectivity index (χ4v) is 6.26. The van der Waals surface area contributed by atoms with Crippen LogP contribution in [0.4, 0.5) is 0 Å². The van der Waals surface area contributed by atoms with Crippen molar-refractivity contribution in [3.8, 4) is 5.75 Å². The number of benzene rings is 1. The molecule has 2 atom stereocenters. The van der Waals surface area contributed by atoms with E-state index in [0.717, 1.165) is 30.2 Å². The first kappa shape index (κ1) is 18.5. The second kappa shape index (κ2) is 7.61. The Balaban J connectivity index is 1.54. The molecule has 0 bridgehead atoms. The van der Waals surface area contributed by atoms with Gasteiger partial charge in [-0.25, -0.2) is 13.4 Å². The molecule has 0 amide bonds. The van der Waals surface area contributed by atoms with Crippen LogP contribution >= 0.6 is 0 Å². The van der Waals surface area contributed by atoms with Crippen molar-refractivity contribution in [1.82, 2.24) is 19.8 Å². The zero-order valence-corrected chi connectivity index (χ0v) is 16.4. The molecule has 27 heavy (non-hydrogen) atoms. The number of imidazole rings is 1. The molecule has 3 heterocycles. The molecule has 1 aromatic carbocycles. The highest BCUT2D eigenvalue weighted by atomic mass is 32.2. The van der Waals surface area contributed by atoms with Gasteiger partial charge in [0.1, 0.15) is 11.6 Å². The summed E-state index contributed by atoms with van der Waals surface area (Å²) < 4.78 is 30.6. The van der Waals surface area contributed by atoms with Crippen molar-refractivity contribution in [2.24, 2.45) is 0 Å². The summed E-state index contributed by atoms with van der Waals surface area (Å²) in [6, 6.07) is 8.04. The highest BCUT2D eigenvalue weighted by Gasteiger charge is 2.46. The monoisotopic (exact) mass is 390 g/mol. The highest BCUT2D eigenvalue weighted by molar-refractivity contribution is 7.91. The number of piperazine rings is 1. The maximum atomic E-state index is 12.4. The van der Waals surface area contributed by atoms with Gasteiger partial charge in [-0.1, -0.05) is 18.2 Å². The summed E-state index contributed by atoms with van der Waals surface area (Å²) in [5, 5.41) is 0. The minimum Gasteiger partial charge on any atom is -0.494 e. The summed E-state index contributed by atoms with van der Waals surface area (Å²) >= 11 is 0. The number of hydrogen-bond donors (Lipinski definition) is 1. The Bertz CT molecular complexity index is 869. The summed E-state index contributed by atoms with van der Waals surface area (Å²) in [6.07, 6.45) is 3.54. The average Bonchev–Trinajstić information content (AvgIpc) is 3.25. The molecule has 2 fully saturated rings. The first-order valence-electron chi connectivity index (χ1n) is 9.43. The maximum Gasteiger partial charge on any atom is 0.153 e. The molecule has 2 aliphatic rings. The van der Waals surface area contributed by atoms with Gasteiger partial charge in [0.2, 0.25) is 0 Å². The van der Waals surface area contributed by atoms with Gasteiger partial charge in [0, 0.05) is 49.7 Å². The molecular formula is C19H26N4O3S. The zero-order valence-electron chi connectivity index (χ0n) is 15.5. The standard InChI is InChI=1S/C19H26N4O3S/c1-2-26-18-6-4-3-5-15(18)11-22-9-10-23(12-19-20-7-8-21-19)17-14-27(24,25)13-16(17)22/h3-8,16-17H,2,9-14H2,1H3,(H,20,21)/t16-,17+/m1/s1. The lowest BCUT2D eigenvalue weighted by atomic mass is 10.0.